The van der Waals surface area contributed by atoms with Crippen molar-refractivity contribution in [1.82, 2.24) is 9.80 Å². The van der Waals surface area contributed by atoms with Crippen molar-refractivity contribution in [2.45, 2.75) is 0 Å². The Labute approximate surface area is 127 Å². The Morgan fingerprint density at radius 1 is 1.05 bits per heavy atom. The molecule has 5 nitrogen and oxygen atoms in total. The number of ether oxygens (including phenoxy) is 1. The third kappa shape index (κ3) is 2.43. The molecule has 0 N–H and O–H groups in total. The van der Waals surface area contributed by atoms with Gasteiger partial charge in [-0.25, -0.2) is 0 Å². The Morgan fingerprint density at radius 2 is 1.67 bits per heavy atom. The molecule has 1 fully saturated rings. The van der Waals surface area contributed by atoms with Gasteiger partial charge in [0, 0.05) is 25.2 Å². The molecule has 6 heteroatoms. The van der Waals surface area contributed by atoms with Gasteiger partial charge in [-0.2, -0.15) is 0 Å². The summed E-state index contributed by atoms with van der Waals surface area (Å²) in [6.45, 7) is 2.34. The number of likely N-dealkylation sites (N-methyl/N-ethyl adjacent to an activating group) is 1. The SMILES string of the molecule is CN1C(=O)C(c2ccc(Cl)cc2)=C(N2CCOCC2)C1=O. The van der Waals surface area contributed by atoms with E-state index in [1.54, 1.807) is 24.3 Å². The molecule has 1 aromatic carbocycles. The number of amides is 2. The van der Waals surface area contributed by atoms with Gasteiger partial charge in [0.1, 0.15) is 5.70 Å². The monoisotopic (exact) mass is 306 g/mol. The van der Waals surface area contributed by atoms with Crippen LogP contribution in [-0.2, 0) is 14.3 Å². The highest BCUT2D eigenvalue weighted by Crippen LogP contribution is 2.31. The molecule has 0 saturated carbocycles. The summed E-state index contributed by atoms with van der Waals surface area (Å²) in [5.74, 6) is -0.532. The zero-order chi connectivity index (χ0) is 15.0. The van der Waals surface area contributed by atoms with Crippen LogP contribution in [0.1, 0.15) is 5.56 Å². The fourth-order valence-corrected chi connectivity index (χ4v) is 2.71. The first kappa shape index (κ1) is 14.1. The van der Waals surface area contributed by atoms with Gasteiger partial charge in [-0.3, -0.25) is 14.5 Å². The smallest absolute Gasteiger partial charge is 0.277 e. The number of nitrogens with zero attached hydrogens (tertiary/aromatic N) is 2. The summed E-state index contributed by atoms with van der Waals surface area (Å²) in [4.78, 5) is 27.9. The van der Waals surface area contributed by atoms with Crippen LogP contribution in [0.5, 0.6) is 0 Å². The number of benzene rings is 1. The zero-order valence-electron chi connectivity index (χ0n) is 11.6. The number of rotatable bonds is 2. The molecule has 2 aliphatic heterocycles. The van der Waals surface area contributed by atoms with Gasteiger partial charge in [0.05, 0.1) is 18.8 Å². The number of hydrogen-bond acceptors (Lipinski definition) is 4. The van der Waals surface area contributed by atoms with E-state index in [0.29, 0.717) is 48.2 Å². The molecule has 0 aromatic heterocycles. The van der Waals surface area contributed by atoms with Crippen LogP contribution in [-0.4, -0.2) is 55.0 Å². The van der Waals surface area contributed by atoms with Crippen LogP contribution in [0.2, 0.25) is 5.02 Å². The van der Waals surface area contributed by atoms with Crippen molar-refractivity contribution in [3.63, 3.8) is 0 Å². The number of imide groups is 1. The minimum atomic E-state index is -0.274. The van der Waals surface area contributed by atoms with Gasteiger partial charge in [0.2, 0.25) is 0 Å². The third-order valence-corrected chi connectivity index (χ3v) is 3.97. The first-order chi connectivity index (χ1) is 10.1. The zero-order valence-corrected chi connectivity index (χ0v) is 12.4. The summed E-state index contributed by atoms with van der Waals surface area (Å²) in [7, 11) is 1.51. The van der Waals surface area contributed by atoms with Crippen molar-refractivity contribution in [3.05, 3.63) is 40.5 Å². The molecule has 0 spiro atoms. The maximum Gasteiger partial charge on any atom is 0.277 e. The van der Waals surface area contributed by atoms with E-state index in [4.69, 9.17) is 16.3 Å². The fourth-order valence-electron chi connectivity index (χ4n) is 2.58. The molecule has 110 valence electrons. The first-order valence-electron chi connectivity index (χ1n) is 6.75. The highest BCUT2D eigenvalue weighted by atomic mass is 35.5. The van der Waals surface area contributed by atoms with Crippen LogP contribution in [0.15, 0.2) is 30.0 Å². The van der Waals surface area contributed by atoms with Gasteiger partial charge < -0.3 is 9.64 Å². The van der Waals surface area contributed by atoms with Gasteiger partial charge in [-0.1, -0.05) is 23.7 Å². The number of carbonyl (C=O) groups excluding carboxylic acids is 2. The summed E-state index contributed by atoms with van der Waals surface area (Å²) >= 11 is 5.89. The quantitative estimate of drug-likeness (QED) is 0.775. The summed E-state index contributed by atoms with van der Waals surface area (Å²) < 4.78 is 5.31. The van der Waals surface area contributed by atoms with E-state index in [1.807, 2.05) is 4.90 Å². The van der Waals surface area contributed by atoms with Crippen LogP contribution >= 0.6 is 11.6 Å². The number of morpholine rings is 1. The Morgan fingerprint density at radius 3 is 2.29 bits per heavy atom. The lowest BCUT2D eigenvalue weighted by Gasteiger charge is -2.29. The molecule has 1 saturated heterocycles. The highest BCUT2D eigenvalue weighted by molar-refractivity contribution is 6.35. The van der Waals surface area contributed by atoms with Gasteiger partial charge in [0.15, 0.2) is 0 Å². The van der Waals surface area contributed by atoms with E-state index >= 15 is 0 Å². The molecule has 3 rings (SSSR count). The van der Waals surface area contributed by atoms with Crippen molar-refractivity contribution < 1.29 is 14.3 Å². The van der Waals surface area contributed by atoms with Crippen molar-refractivity contribution in [3.8, 4) is 0 Å². The fraction of sp³-hybridized carbons (Fsp3) is 0.333. The topological polar surface area (TPSA) is 49.9 Å². The molecule has 2 aliphatic rings. The molecule has 0 aliphatic carbocycles. The Kier molecular flexibility index (Phi) is 3.69. The predicted molar refractivity (Wildman–Crippen MR) is 78.5 cm³/mol. The lowest BCUT2D eigenvalue weighted by Crippen LogP contribution is -2.39. The Balaban J connectivity index is 2.09. The third-order valence-electron chi connectivity index (χ3n) is 3.72. The minimum absolute atomic E-state index is 0.258. The minimum Gasteiger partial charge on any atom is -0.378 e. The molecule has 1 aromatic rings. The largest absolute Gasteiger partial charge is 0.378 e. The highest BCUT2D eigenvalue weighted by Gasteiger charge is 2.39. The second kappa shape index (κ2) is 5.50. The Bertz CT molecular complexity index is 618. The number of hydrogen-bond donors (Lipinski definition) is 0. The van der Waals surface area contributed by atoms with Gasteiger partial charge in [-0.15, -0.1) is 0 Å². The molecule has 0 atom stereocenters. The summed E-state index contributed by atoms with van der Waals surface area (Å²) in [5.41, 5.74) is 1.62. The van der Waals surface area contributed by atoms with Gasteiger partial charge in [-0.05, 0) is 17.7 Å². The summed E-state index contributed by atoms with van der Waals surface area (Å²) in [6, 6.07) is 6.97. The average molecular weight is 307 g/mol. The van der Waals surface area contributed by atoms with E-state index in [-0.39, 0.29) is 11.8 Å². The van der Waals surface area contributed by atoms with Crippen molar-refractivity contribution in [2.75, 3.05) is 33.4 Å². The number of halogens is 1. The van der Waals surface area contributed by atoms with E-state index in [9.17, 15) is 9.59 Å². The molecule has 0 unspecified atom stereocenters. The maximum absolute atomic E-state index is 12.4. The molecule has 21 heavy (non-hydrogen) atoms. The van der Waals surface area contributed by atoms with Crippen LogP contribution in [0.25, 0.3) is 5.57 Å². The summed E-state index contributed by atoms with van der Waals surface area (Å²) in [6.07, 6.45) is 0. The van der Waals surface area contributed by atoms with Gasteiger partial charge >= 0.3 is 0 Å². The standard InChI is InChI=1S/C15H15ClN2O3/c1-17-14(19)12(10-2-4-11(16)5-3-10)13(15(17)20)18-6-8-21-9-7-18/h2-5H,6-9H2,1H3. The second-order valence-corrected chi connectivity index (χ2v) is 5.44. The van der Waals surface area contributed by atoms with Gasteiger partial charge in [0.25, 0.3) is 11.8 Å². The summed E-state index contributed by atoms with van der Waals surface area (Å²) in [5, 5.41) is 0.595. The predicted octanol–water partition coefficient (Wildman–Crippen LogP) is 1.38. The van der Waals surface area contributed by atoms with E-state index in [0.717, 1.165) is 4.90 Å². The maximum atomic E-state index is 12.4. The van der Waals surface area contributed by atoms with Crippen molar-refractivity contribution in [2.24, 2.45) is 0 Å². The molecule has 2 heterocycles. The molecular formula is C15H15ClN2O3. The van der Waals surface area contributed by atoms with E-state index < -0.39 is 0 Å². The molecular weight excluding hydrogens is 292 g/mol. The normalized spacial score (nSPS) is 19.7. The van der Waals surface area contributed by atoms with Crippen molar-refractivity contribution >= 4 is 29.0 Å². The lowest BCUT2D eigenvalue weighted by molar-refractivity contribution is -0.136. The molecule has 0 radical (unpaired) electrons. The van der Waals surface area contributed by atoms with Crippen LogP contribution in [0.3, 0.4) is 0 Å². The van der Waals surface area contributed by atoms with Crippen LogP contribution in [0.4, 0.5) is 0 Å². The Hall–Kier alpha value is -1.85. The van der Waals surface area contributed by atoms with E-state index in [2.05, 4.69) is 0 Å². The first-order valence-corrected chi connectivity index (χ1v) is 7.12. The van der Waals surface area contributed by atoms with E-state index in [1.165, 1.54) is 7.05 Å². The molecule has 2 amide bonds. The average Bonchev–Trinajstić information content (AvgIpc) is 2.73. The molecule has 0 bridgehead atoms. The number of carbonyl (C=O) groups is 2. The van der Waals surface area contributed by atoms with Crippen LogP contribution < -0.4 is 0 Å². The van der Waals surface area contributed by atoms with Crippen LogP contribution in [0, 0.1) is 0 Å². The lowest BCUT2D eigenvalue weighted by atomic mass is 10.0. The second-order valence-electron chi connectivity index (χ2n) is 5.00. The van der Waals surface area contributed by atoms with Crippen molar-refractivity contribution in [1.29, 1.82) is 0 Å².